The number of nitrogens with one attached hydrogen (secondary N) is 1. The molecule has 1 N–H and O–H groups in total. The largest absolute Gasteiger partial charge is 0.383 e. The van der Waals surface area contributed by atoms with Crippen molar-refractivity contribution in [2.24, 2.45) is 0 Å². The quantitative estimate of drug-likeness (QED) is 0.668. The van der Waals surface area contributed by atoms with E-state index >= 15 is 0 Å². The lowest BCUT2D eigenvalue weighted by atomic mass is 10.1. The maximum Gasteiger partial charge on any atom is 0.0615 e. The topological polar surface area (TPSA) is 21.3 Å². The predicted octanol–water partition coefficient (Wildman–Crippen LogP) is 1.55. The maximum absolute atomic E-state index is 5.09. The average Bonchev–Trinajstić information content (AvgIpc) is 2.38. The van der Waals surface area contributed by atoms with Crippen LogP contribution >= 0.6 is 0 Å². The highest BCUT2D eigenvalue weighted by molar-refractivity contribution is 4.82. The molecule has 1 heterocycles. The van der Waals surface area contributed by atoms with Crippen molar-refractivity contribution in [1.82, 2.24) is 5.32 Å². The highest BCUT2D eigenvalue weighted by Crippen LogP contribution is 2.15. The molecule has 1 rings (SSSR count). The zero-order valence-electron chi connectivity index (χ0n) is 7.60. The molecule has 0 bridgehead atoms. The van der Waals surface area contributed by atoms with Gasteiger partial charge in [0.15, 0.2) is 0 Å². The van der Waals surface area contributed by atoms with E-state index in [2.05, 4.69) is 12.2 Å². The molecule has 0 aromatic carbocycles. The summed E-state index contributed by atoms with van der Waals surface area (Å²) in [6.07, 6.45) is 5.23. The van der Waals surface area contributed by atoms with Crippen molar-refractivity contribution in [3.8, 4) is 0 Å². The summed E-state index contributed by atoms with van der Waals surface area (Å²) in [5.41, 5.74) is 0. The third-order valence-electron chi connectivity index (χ3n) is 2.34. The standard InChI is InChI=1S/C9H19NO/c1-3-4-8-5-6-9(10-8)7-11-2/h8-10H,3-7H2,1-2H3. The van der Waals surface area contributed by atoms with Crippen LogP contribution in [0.5, 0.6) is 0 Å². The molecule has 0 aromatic rings. The van der Waals surface area contributed by atoms with Crippen molar-refractivity contribution in [2.75, 3.05) is 13.7 Å². The molecular weight excluding hydrogens is 138 g/mol. The third-order valence-corrected chi connectivity index (χ3v) is 2.34. The molecule has 0 radical (unpaired) electrons. The monoisotopic (exact) mass is 157 g/mol. The Kier molecular flexibility index (Phi) is 3.87. The molecule has 1 fully saturated rings. The van der Waals surface area contributed by atoms with Crippen LogP contribution in [0.1, 0.15) is 32.6 Å². The lowest BCUT2D eigenvalue weighted by molar-refractivity contribution is 0.171. The fourth-order valence-corrected chi connectivity index (χ4v) is 1.81. The van der Waals surface area contributed by atoms with Crippen molar-refractivity contribution < 1.29 is 4.74 Å². The van der Waals surface area contributed by atoms with Crippen molar-refractivity contribution >= 4 is 0 Å². The van der Waals surface area contributed by atoms with Gasteiger partial charge >= 0.3 is 0 Å². The van der Waals surface area contributed by atoms with Gasteiger partial charge in [-0.25, -0.2) is 0 Å². The molecule has 0 amide bonds. The van der Waals surface area contributed by atoms with E-state index in [9.17, 15) is 0 Å². The second kappa shape index (κ2) is 4.73. The van der Waals surface area contributed by atoms with E-state index in [1.165, 1.54) is 25.7 Å². The molecule has 2 heteroatoms. The predicted molar refractivity (Wildman–Crippen MR) is 46.7 cm³/mol. The van der Waals surface area contributed by atoms with Crippen LogP contribution in [0, 0.1) is 0 Å². The molecule has 2 nitrogen and oxygen atoms in total. The van der Waals surface area contributed by atoms with Crippen LogP contribution in [-0.2, 0) is 4.74 Å². The Labute approximate surface area is 69.3 Å². The molecule has 0 aromatic heterocycles. The molecular formula is C9H19NO. The summed E-state index contributed by atoms with van der Waals surface area (Å²) in [6, 6.07) is 1.39. The van der Waals surface area contributed by atoms with E-state index in [-0.39, 0.29) is 0 Å². The first-order chi connectivity index (χ1) is 5.36. The van der Waals surface area contributed by atoms with Gasteiger partial charge in [0.05, 0.1) is 6.61 Å². The first kappa shape index (κ1) is 9.01. The van der Waals surface area contributed by atoms with Gasteiger partial charge in [0.25, 0.3) is 0 Å². The van der Waals surface area contributed by atoms with Crippen LogP contribution in [0.3, 0.4) is 0 Å². The number of ether oxygens (including phenoxy) is 1. The second-order valence-electron chi connectivity index (χ2n) is 3.38. The Bertz CT molecular complexity index is 93.7. The third kappa shape index (κ3) is 2.80. The van der Waals surface area contributed by atoms with Gasteiger partial charge in [-0.15, -0.1) is 0 Å². The van der Waals surface area contributed by atoms with Crippen LogP contribution in [0.2, 0.25) is 0 Å². The summed E-state index contributed by atoms with van der Waals surface area (Å²) < 4.78 is 5.09. The fraction of sp³-hybridized carbons (Fsp3) is 1.00. The molecule has 1 saturated heterocycles. The van der Waals surface area contributed by atoms with Crippen LogP contribution in [-0.4, -0.2) is 25.8 Å². The Morgan fingerprint density at radius 3 is 2.73 bits per heavy atom. The van der Waals surface area contributed by atoms with Gasteiger partial charge in [-0.05, 0) is 19.3 Å². The number of methoxy groups -OCH3 is 1. The Morgan fingerprint density at radius 1 is 1.36 bits per heavy atom. The van der Waals surface area contributed by atoms with E-state index in [0.717, 1.165) is 12.6 Å². The highest BCUT2D eigenvalue weighted by atomic mass is 16.5. The van der Waals surface area contributed by atoms with Gasteiger partial charge in [-0.2, -0.15) is 0 Å². The molecule has 1 aliphatic heterocycles. The van der Waals surface area contributed by atoms with Gasteiger partial charge in [-0.1, -0.05) is 13.3 Å². The first-order valence-electron chi connectivity index (χ1n) is 4.61. The van der Waals surface area contributed by atoms with Crippen LogP contribution < -0.4 is 5.32 Å². The minimum Gasteiger partial charge on any atom is -0.383 e. The molecule has 0 saturated carbocycles. The van der Waals surface area contributed by atoms with E-state index < -0.39 is 0 Å². The number of hydrogen-bond acceptors (Lipinski definition) is 2. The zero-order valence-corrected chi connectivity index (χ0v) is 7.60. The Morgan fingerprint density at radius 2 is 2.09 bits per heavy atom. The van der Waals surface area contributed by atoms with Gasteiger partial charge in [-0.3, -0.25) is 0 Å². The van der Waals surface area contributed by atoms with Gasteiger partial charge < -0.3 is 10.1 Å². The van der Waals surface area contributed by atoms with E-state index in [1.54, 1.807) is 7.11 Å². The summed E-state index contributed by atoms with van der Waals surface area (Å²) in [4.78, 5) is 0. The van der Waals surface area contributed by atoms with Crippen LogP contribution in [0.25, 0.3) is 0 Å². The van der Waals surface area contributed by atoms with E-state index in [4.69, 9.17) is 4.74 Å². The van der Waals surface area contributed by atoms with Gasteiger partial charge in [0, 0.05) is 19.2 Å². The lowest BCUT2D eigenvalue weighted by Gasteiger charge is -2.12. The average molecular weight is 157 g/mol. The molecule has 66 valence electrons. The molecule has 2 atom stereocenters. The van der Waals surface area contributed by atoms with Crippen molar-refractivity contribution in [3.05, 3.63) is 0 Å². The molecule has 0 spiro atoms. The van der Waals surface area contributed by atoms with E-state index in [1.807, 2.05) is 0 Å². The molecule has 1 aliphatic rings. The van der Waals surface area contributed by atoms with Gasteiger partial charge in [0.2, 0.25) is 0 Å². The van der Waals surface area contributed by atoms with Crippen LogP contribution in [0.4, 0.5) is 0 Å². The lowest BCUT2D eigenvalue weighted by Crippen LogP contribution is -2.32. The Balaban J connectivity index is 2.12. The number of hydrogen-bond donors (Lipinski definition) is 1. The summed E-state index contributed by atoms with van der Waals surface area (Å²) in [6.45, 7) is 3.12. The van der Waals surface area contributed by atoms with Crippen molar-refractivity contribution in [1.29, 1.82) is 0 Å². The van der Waals surface area contributed by atoms with Crippen molar-refractivity contribution in [3.63, 3.8) is 0 Å². The SMILES string of the molecule is CCCC1CCC(COC)N1. The summed E-state index contributed by atoms with van der Waals surface area (Å²) >= 11 is 0. The molecule has 11 heavy (non-hydrogen) atoms. The van der Waals surface area contributed by atoms with E-state index in [0.29, 0.717) is 6.04 Å². The highest BCUT2D eigenvalue weighted by Gasteiger charge is 2.21. The van der Waals surface area contributed by atoms with Crippen molar-refractivity contribution in [2.45, 2.75) is 44.7 Å². The van der Waals surface area contributed by atoms with Gasteiger partial charge in [0.1, 0.15) is 0 Å². The molecule has 0 aliphatic carbocycles. The minimum atomic E-state index is 0.622. The summed E-state index contributed by atoms with van der Waals surface area (Å²) in [5, 5.41) is 3.57. The number of rotatable bonds is 4. The Hall–Kier alpha value is -0.0800. The molecule has 2 unspecified atom stereocenters. The normalized spacial score (nSPS) is 31.1. The first-order valence-corrected chi connectivity index (χ1v) is 4.61. The summed E-state index contributed by atoms with van der Waals surface area (Å²) in [5.74, 6) is 0. The second-order valence-corrected chi connectivity index (χ2v) is 3.38. The maximum atomic E-state index is 5.09. The minimum absolute atomic E-state index is 0.622. The summed E-state index contributed by atoms with van der Waals surface area (Å²) in [7, 11) is 1.77. The van der Waals surface area contributed by atoms with Crippen LogP contribution in [0.15, 0.2) is 0 Å². The zero-order chi connectivity index (χ0) is 8.10. The fourth-order valence-electron chi connectivity index (χ4n) is 1.81. The smallest absolute Gasteiger partial charge is 0.0615 e.